The molecule has 1 rings (SSSR count). The number of hydrogen-bond donors (Lipinski definition) is 2. The summed E-state index contributed by atoms with van der Waals surface area (Å²) >= 11 is 0. The molecular weight excluding hydrogens is 172 g/mol. The van der Waals surface area contributed by atoms with E-state index in [0.717, 1.165) is 19.6 Å². The lowest BCUT2D eigenvalue weighted by Gasteiger charge is -2.08. The van der Waals surface area contributed by atoms with Crippen molar-refractivity contribution in [1.82, 2.24) is 10.6 Å². The molecule has 0 heterocycles. The predicted molar refractivity (Wildman–Crippen MR) is 61.5 cm³/mol. The Bertz CT molecular complexity index is 282. The van der Waals surface area contributed by atoms with Gasteiger partial charge >= 0.3 is 0 Å². The molecule has 0 aliphatic carbocycles. The standard InChI is InChI=1S/C12H20N2/c1-10-4-5-11(2)12(8-10)9-14-7-6-13-3/h4-5,8,13-14H,6-7,9H2,1-3H3. The summed E-state index contributed by atoms with van der Waals surface area (Å²) in [5.74, 6) is 0. The Balaban J connectivity index is 2.45. The largest absolute Gasteiger partial charge is 0.318 e. The van der Waals surface area contributed by atoms with Crippen LogP contribution >= 0.6 is 0 Å². The lowest BCUT2D eigenvalue weighted by atomic mass is 10.1. The molecule has 2 N–H and O–H groups in total. The molecule has 0 atom stereocenters. The average molecular weight is 192 g/mol. The summed E-state index contributed by atoms with van der Waals surface area (Å²) in [4.78, 5) is 0. The number of hydrogen-bond acceptors (Lipinski definition) is 2. The molecule has 1 aromatic rings. The highest BCUT2D eigenvalue weighted by molar-refractivity contribution is 5.30. The molecule has 0 saturated heterocycles. The monoisotopic (exact) mass is 192 g/mol. The first-order valence-electron chi connectivity index (χ1n) is 5.15. The average Bonchev–Trinajstić information content (AvgIpc) is 2.18. The number of benzene rings is 1. The number of rotatable bonds is 5. The van der Waals surface area contributed by atoms with Gasteiger partial charge in [0.2, 0.25) is 0 Å². The van der Waals surface area contributed by atoms with Gasteiger partial charge in [-0.1, -0.05) is 23.8 Å². The van der Waals surface area contributed by atoms with E-state index in [9.17, 15) is 0 Å². The summed E-state index contributed by atoms with van der Waals surface area (Å²) in [6.07, 6.45) is 0. The van der Waals surface area contributed by atoms with Crippen LogP contribution in [0.2, 0.25) is 0 Å². The zero-order valence-corrected chi connectivity index (χ0v) is 9.35. The van der Waals surface area contributed by atoms with E-state index in [2.05, 4.69) is 42.7 Å². The predicted octanol–water partition coefficient (Wildman–Crippen LogP) is 1.61. The van der Waals surface area contributed by atoms with Crippen molar-refractivity contribution in [3.05, 3.63) is 34.9 Å². The third-order valence-electron chi connectivity index (χ3n) is 2.37. The molecule has 2 heteroatoms. The highest BCUT2D eigenvalue weighted by Crippen LogP contribution is 2.09. The number of nitrogens with one attached hydrogen (secondary N) is 2. The molecule has 1 aromatic carbocycles. The summed E-state index contributed by atoms with van der Waals surface area (Å²) in [5, 5.41) is 6.53. The molecule has 0 unspecified atom stereocenters. The fraction of sp³-hybridized carbons (Fsp3) is 0.500. The summed E-state index contributed by atoms with van der Waals surface area (Å²) in [6.45, 7) is 7.30. The lowest BCUT2D eigenvalue weighted by molar-refractivity contribution is 0.649. The van der Waals surface area contributed by atoms with E-state index < -0.39 is 0 Å². The van der Waals surface area contributed by atoms with E-state index in [1.165, 1.54) is 16.7 Å². The topological polar surface area (TPSA) is 24.1 Å². The highest BCUT2D eigenvalue weighted by Gasteiger charge is 1.97. The van der Waals surface area contributed by atoms with Gasteiger partial charge in [-0.05, 0) is 32.0 Å². The second-order valence-electron chi connectivity index (χ2n) is 3.71. The number of likely N-dealkylation sites (N-methyl/N-ethyl adjacent to an activating group) is 1. The molecule has 0 aromatic heterocycles. The lowest BCUT2D eigenvalue weighted by Crippen LogP contribution is -2.24. The van der Waals surface area contributed by atoms with Crippen molar-refractivity contribution in [2.75, 3.05) is 20.1 Å². The summed E-state index contributed by atoms with van der Waals surface area (Å²) < 4.78 is 0. The van der Waals surface area contributed by atoms with Crippen LogP contribution in [-0.2, 0) is 6.54 Å². The molecule has 2 nitrogen and oxygen atoms in total. The van der Waals surface area contributed by atoms with Gasteiger partial charge in [-0.15, -0.1) is 0 Å². The van der Waals surface area contributed by atoms with Gasteiger partial charge in [-0.2, -0.15) is 0 Å². The first kappa shape index (κ1) is 11.2. The molecule has 0 saturated carbocycles. The van der Waals surface area contributed by atoms with Crippen molar-refractivity contribution in [2.45, 2.75) is 20.4 Å². The summed E-state index contributed by atoms with van der Waals surface area (Å²) in [6, 6.07) is 6.60. The van der Waals surface area contributed by atoms with Crippen molar-refractivity contribution >= 4 is 0 Å². The van der Waals surface area contributed by atoms with Crippen molar-refractivity contribution in [3.63, 3.8) is 0 Å². The Morgan fingerprint density at radius 2 is 1.93 bits per heavy atom. The van der Waals surface area contributed by atoms with Crippen LogP contribution in [0.4, 0.5) is 0 Å². The quantitative estimate of drug-likeness (QED) is 0.693. The normalized spacial score (nSPS) is 10.5. The molecule has 0 spiro atoms. The molecule has 0 fully saturated rings. The zero-order valence-electron chi connectivity index (χ0n) is 9.35. The summed E-state index contributed by atoms with van der Waals surface area (Å²) in [5.41, 5.74) is 4.11. The Labute approximate surface area is 86.7 Å². The minimum atomic E-state index is 0.967. The van der Waals surface area contributed by atoms with Crippen LogP contribution in [-0.4, -0.2) is 20.1 Å². The molecule has 0 radical (unpaired) electrons. The van der Waals surface area contributed by atoms with Crippen LogP contribution in [0.15, 0.2) is 18.2 Å². The maximum atomic E-state index is 3.41. The van der Waals surface area contributed by atoms with Crippen molar-refractivity contribution in [2.24, 2.45) is 0 Å². The van der Waals surface area contributed by atoms with Crippen LogP contribution < -0.4 is 10.6 Å². The smallest absolute Gasteiger partial charge is 0.0208 e. The molecule has 78 valence electrons. The van der Waals surface area contributed by atoms with Gasteiger partial charge < -0.3 is 10.6 Å². The first-order valence-corrected chi connectivity index (χ1v) is 5.15. The fourth-order valence-corrected chi connectivity index (χ4v) is 1.43. The second-order valence-corrected chi connectivity index (χ2v) is 3.71. The number of aryl methyl sites for hydroxylation is 2. The Kier molecular flexibility index (Phi) is 4.63. The fourth-order valence-electron chi connectivity index (χ4n) is 1.43. The van der Waals surface area contributed by atoms with Crippen molar-refractivity contribution < 1.29 is 0 Å². The van der Waals surface area contributed by atoms with Gasteiger partial charge in [-0.3, -0.25) is 0 Å². The van der Waals surface area contributed by atoms with E-state index in [0.29, 0.717) is 0 Å². The second kappa shape index (κ2) is 5.78. The SMILES string of the molecule is CNCCNCc1cc(C)ccc1C. The van der Waals surface area contributed by atoms with Gasteiger partial charge in [0.05, 0.1) is 0 Å². The molecule has 14 heavy (non-hydrogen) atoms. The Morgan fingerprint density at radius 3 is 2.64 bits per heavy atom. The zero-order chi connectivity index (χ0) is 10.4. The van der Waals surface area contributed by atoms with Crippen molar-refractivity contribution in [3.8, 4) is 0 Å². The van der Waals surface area contributed by atoms with E-state index in [1.54, 1.807) is 0 Å². The van der Waals surface area contributed by atoms with Gasteiger partial charge in [0.15, 0.2) is 0 Å². The van der Waals surface area contributed by atoms with Crippen LogP contribution in [0.5, 0.6) is 0 Å². The van der Waals surface area contributed by atoms with Gasteiger partial charge in [-0.25, -0.2) is 0 Å². The molecular formula is C12H20N2. The first-order chi connectivity index (χ1) is 6.74. The summed E-state index contributed by atoms with van der Waals surface area (Å²) in [7, 11) is 1.97. The van der Waals surface area contributed by atoms with E-state index >= 15 is 0 Å². The third-order valence-corrected chi connectivity index (χ3v) is 2.37. The Morgan fingerprint density at radius 1 is 1.14 bits per heavy atom. The van der Waals surface area contributed by atoms with Gasteiger partial charge in [0.1, 0.15) is 0 Å². The van der Waals surface area contributed by atoms with Crippen LogP contribution in [0.25, 0.3) is 0 Å². The molecule has 0 aliphatic heterocycles. The maximum Gasteiger partial charge on any atom is 0.0208 e. The van der Waals surface area contributed by atoms with E-state index in [-0.39, 0.29) is 0 Å². The Hall–Kier alpha value is -0.860. The third kappa shape index (κ3) is 3.48. The minimum absolute atomic E-state index is 0.967. The van der Waals surface area contributed by atoms with E-state index in [1.807, 2.05) is 7.05 Å². The van der Waals surface area contributed by atoms with Crippen LogP contribution in [0, 0.1) is 13.8 Å². The van der Waals surface area contributed by atoms with E-state index in [4.69, 9.17) is 0 Å². The molecule has 0 bridgehead atoms. The van der Waals surface area contributed by atoms with Gasteiger partial charge in [0, 0.05) is 19.6 Å². The van der Waals surface area contributed by atoms with Gasteiger partial charge in [0.25, 0.3) is 0 Å². The molecule has 0 aliphatic rings. The highest BCUT2D eigenvalue weighted by atomic mass is 14.9. The minimum Gasteiger partial charge on any atom is -0.318 e. The molecule has 0 amide bonds. The van der Waals surface area contributed by atoms with Crippen LogP contribution in [0.1, 0.15) is 16.7 Å². The van der Waals surface area contributed by atoms with Crippen LogP contribution in [0.3, 0.4) is 0 Å². The van der Waals surface area contributed by atoms with Crippen molar-refractivity contribution in [1.29, 1.82) is 0 Å². The maximum absolute atomic E-state index is 3.41.